The van der Waals surface area contributed by atoms with Crippen molar-refractivity contribution >= 4 is 82.2 Å². The van der Waals surface area contributed by atoms with Crippen molar-refractivity contribution in [3.8, 4) is 0 Å². The number of amides is 2. The third-order valence-corrected chi connectivity index (χ3v) is 9.98. The summed E-state index contributed by atoms with van der Waals surface area (Å²) in [6.07, 6.45) is 3.38. The summed E-state index contributed by atoms with van der Waals surface area (Å²) in [6.45, 7) is 0.111. The van der Waals surface area contributed by atoms with Gasteiger partial charge in [0.25, 0.3) is 5.91 Å². The van der Waals surface area contributed by atoms with E-state index in [1.807, 2.05) is 0 Å². The van der Waals surface area contributed by atoms with Gasteiger partial charge in [-0.05, 0) is 23.8 Å². The Bertz CT molecular complexity index is 1340. The Hall–Kier alpha value is -2.42. The predicted octanol–water partition coefficient (Wildman–Crippen LogP) is 0.981. The second-order valence-corrected chi connectivity index (χ2v) is 12.5. The first-order chi connectivity index (χ1) is 18.5. The van der Waals surface area contributed by atoms with E-state index >= 15 is 0 Å². The number of β-lactam (4-membered cyclic amide) rings is 1. The first-order valence-electron chi connectivity index (χ1n) is 11.4. The van der Waals surface area contributed by atoms with Crippen LogP contribution in [0.5, 0.6) is 0 Å². The van der Waals surface area contributed by atoms with Crippen LogP contribution in [0.2, 0.25) is 10.0 Å². The number of carboxylic acid groups (broad SMARTS) is 2. The molecule has 0 spiro atoms. The molecule has 10 nitrogen and oxygen atoms in total. The van der Waals surface area contributed by atoms with Crippen LogP contribution in [0.15, 0.2) is 63.8 Å². The minimum Gasteiger partial charge on any atom is -0.543 e. The van der Waals surface area contributed by atoms with Crippen molar-refractivity contribution < 1.29 is 34.0 Å². The van der Waals surface area contributed by atoms with Crippen LogP contribution in [0.4, 0.5) is 0 Å². The van der Waals surface area contributed by atoms with Crippen LogP contribution in [0.3, 0.4) is 0 Å². The number of nitrogens with zero attached hydrogens (tertiary/aromatic N) is 2. The lowest BCUT2D eigenvalue weighted by Gasteiger charge is -2.50. The maximum Gasteiger partial charge on any atom is 0.327 e. The number of aliphatic carboxylic acids is 2. The molecule has 2 aromatic rings. The van der Waals surface area contributed by atoms with Gasteiger partial charge in [-0.3, -0.25) is 19.3 Å². The van der Waals surface area contributed by atoms with E-state index < -0.39 is 35.3 Å². The molecule has 1 aromatic carbocycles. The van der Waals surface area contributed by atoms with Gasteiger partial charge in [0.05, 0.1) is 22.4 Å². The van der Waals surface area contributed by atoms with Crippen molar-refractivity contribution in [1.29, 1.82) is 0 Å². The lowest BCUT2D eigenvalue weighted by Crippen LogP contribution is -2.71. The number of benzene rings is 1. The molecular weight excluding hydrogens is 607 g/mol. The van der Waals surface area contributed by atoms with E-state index in [9.17, 15) is 24.3 Å². The predicted molar refractivity (Wildman–Crippen MR) is 147 cm³/mol. The maximum absolute atomic E-state index is 12.9. The number of hydrogen-bond acceptors (Lipinski definition) is 9. The van der Waals surface area contributed by atoms with E-state index in [4.69, 9.17) is 34.0 Å². The third kappa shape index (κ3) is 7.02. The summed E-state index contributed by atoms with van der Waals surface area (Å²) < 4.78 is 1.64. The molecule has 0 saturated carbocycles. The summed E-state index contributed by atoms with van der Waals surface area (Å²) in [5.74, 6) is -2.78. The highest BCUT2D eigenvalue weighted by atomic mass is 35.5. The van der Waals surface area contributed by atoms with Crippen LogP contribution >= 0.6 is 58.5 Å². The number of thioether (sulfide) groups is 3. The van der Waals surface area contributed by atoms with Gasteiger partial charge in [0.15, 0.2) is 25.0 Å². The minimum absolute atomic E-state index is 0.00558. The van der Waals surface area contributed by atoms with Gasteiger partial charge in [-0.1, -0.05) is 23.2 Å². The van der Waals surface area contributed by atoms with Gasteiger partial charge in [0, 0.05) is 38.5 Å². The summed E-state index contributed by atoms with van der Waals surface area (Å²) in [6, 6.07) is 6.59. The fourth-order valence-corrected chi connectivity index (χ4v) is 7.54. The summed E-state index contributed by atoms with van der Waals surface area (Å²) in [4.78, 5) is 51.0. The van der Waals surface area contributed by atoms with Gasteiger partial charge < -0.3 is 26.1 Å². The number of carbonyl (C=O) groups excluding carboxylic acids is 3. The molecule has 0 unspecified atom stereocenters. The number of carbonyl (C=O) groups is 4. The SMILES string of the molecule is N[C@H](C[n+]1ccc(SCC2=C(C(=O)[O-])N3C(=O)[C@@H](NC(=O)CSc4cc(Cl)ccc4Cl)[C@H]3SC2)cc1)C(=O)O. The molecule has 4 rings (SSSR count). The molecule has 1 fully saturated rings. The Balaban J connectivity index is 1.35. The molecule has 3 atom stereocenters. The van der Waals surface area contributed by atoms with E-state index in [0.717, 1.165) is 4.90 Å². The minimum atomic E-state index is -1.45. The second kappa shape index (κ2) is 12.8. The van der Waals surface area contributed by atoms with Crippen LogP contribution in [0, 0.1) is 0 Å². The molecule has 3 heterocycles. The normalized spacial score (nSPS) is 19.3. The van der Waals surface area contributed by atoms with E-state index in [2.05, 4.69) is 5.32 Å². The number of carboxylic acids is 2. The van der Waals surface area contributed by atoms with Crippen molar-refractivity contribution in [3.05, 3.63) is 64.0 Å². The Morgan fingerprint density at radius 2 is 1.95 bits per heavy atom. The summed E-state index contributed by atoms with van der Waals surface area (Å²) in [7, 11) is 0. The van der Waals surface area contributed by atoms with Gasteiger partial charge in [-0.2, -0.15) is 0 Å². The molecule has 15 heteroatoms. The molecule has 0 aliphatic carbocycles. The van der Waals surface area contributed by atoms with Crippen LogP contribution < -0.4 is 20.7 Å². The first kappa shape index (κ1) is 29.6. The molecule has 2 amide bonds. The number of hydrogen-bond donors (Lipinski definition) is 3. The van der Waals surface area contributed by atoms with Gasteiger partial charge in [-0.25, -0.2) is 4.57 Å². The van der Waals surface area contributed by atoms with Gasteiger partial charge in [0.1, 0.15) is 11.4 Å². The monoisotopic (exact) mass is 628 g/mol. The molecule has 39 heavy (non-hydrogen) atoms. The average molecular weight is 630 g/mol. The number of nitrogens with two attached hydrogens (primary N) is 1. The number of nitrogens with one attached hydrogen (secondary N) is 1. The summed E-state index contributed by atoms with van der Waals surface area (Å²) >= 11 is 16.0. The molecule has 2 aliphatic rings. The van der Waals surface area contributed by atoms with Crippen LogP contribution in [0.1, 0.15) is 0 Å². The number of fused-ring (bicyclic) bond motifs is 1. The highest BCUT2D eigenvalue weighted by Gasteiger charge is 2.52. The Morgan fingerprint density at radius 1 is 1.23 bits per heavy atom. The zero-order chi connectivity index (χ0) is 28.3. The molecule has 2 aliphatic heterocycles. The maximum atomic E-state index is 12.9. The molecule has 1 aromatic heterocycles. The standard InChI is InChI=1S/C24H22Cl2N4O6S3/c25-13-1-2-15(26)17(7-13)38-11-18(31)28-19-21(32)30-20(24(35)36)12(10-39-22(19)30)9-37-14-3-5-29(6-4-14)8-16(27)23(33)34/h1-7,16,19,22H,8-11,27H2,(H2-,28,31,33,34,35,36)/t16-,19-,22-/m1/s1. The van der Waals surface area contributed by atoms with Gasteiger partial charge in [-0.15, -0.1) is 35.3 Å². The zero-order valence-electron chi connectivity index (χ0n) is 20.0. The molecular formula is C24H22Cl2N4O6S3. The summed E-state index contributed by atoms with van der Waals surface area (Å²) in [5, 5.41) is 24.0. The lowest BCUT2D eigenvalue weighted by molar-refractivity contribution is -0.697. The Labute approximate surface area is 246 Å². The summed E-state index contributed by atoms with van der Waals surface area (Å²) in [5.41, 5.74) is 5.92. The second-order valence-electron chi connectivity index (χ2n) is 8.52. The molecule has 1 saturated heterocycles. The van der Waals surface area contributed by atoms with Crippen molar-refractivity contribution in [2.24, 2.45) is 5.73 Å². The largest absolute Gasteiger partial charge is 0.543 e. The smallest absolute Gasteiger partial charge is 0.327 e. The lowest BCUT2D eigenvalue weighted by atomic mass is 10.0. The van der Waals surface area contributed by atoms with E-state index in [1.165, 1.54) is 40.2 Å². The van der Waals surface area contributed by atoms with E-state index in [1.54, 1.807) is 47.3 Å². The Kier molecular flexibility index (Phi) is 9.73. The fourth-order valence-electron chi connectivity index (χ4n) is 3.87. The Morgan fingerprint density at radius 3 is 2.62 bits per heavy atom. The number of aromatic nitrogens is 1. The number of rotatable bonds is 11. The molecule has 4 N–H and O–H groups in total. The fraction of sp³-hybridized carbons (Fsp3) is 0.292. The van der Waals surface area contributed by atoms with Gasteiger partial charge in [0.2, 0.25) is 5.91 Å². The third-order valence-electron chi connectivity index (χ3n) is 5.81. The zero-order valence-corrected chi connectivity index (χ0v) is 24.0. The highest BCUT2D eigenvalue weighted by Crippen LogP contribution is 2.41. The van der Waals surface area contributed by atoms with Crippen LogP contribution in [0.25, 0.3) is 0 Å². The van der Waals surface area contributed by atoms with Crippen molar-refractivity contribution in [3.63, 3.8) is 0 Å². The topological polar surface area (TPSA) is 157 Å². The van der Waals surface area contributed by atoms with E-state index in [0.29, 0.717) is 32.0 Å². The van der Waals surface area contributed by atoms with Crippen LogP contribution in [-0.2, 0) is 25.7 Å². The van der Waals surface area contributed by atoms with E-state index in [-0.39, 0.29) is 23.9 Å². The van der Waals surface area contributed by atoms with Crippen molar-refractivity contribution in [1.82, 2.24) is 10.2 Å². The van der Waals surface area contributed by atoms with Gasteiger partial charge >= 0.3 is 5.97 Å². The molecule has 0 radical (unpaired) electrons. The number of pyridine rings is 1. The average Bonchev–Trinajstić information content (AvgIpc) is 2.91. The van der Waals surface area contributed by atoms with Crippen molar-refractivity contribution in [2.45, 2.75) is 33.8 Å². The highest BCUT2D eigenvalue weighted by molar-refractivity contribution is 8.01. The number of halogens is 2. The van der Waals surface area contributed by atoms with Crippen molar-refractivity contribution in [2.75, 3.05) is 17.3 Å². The first-order valence-corrected chi connectivity index (χ1v) is 15.2. The molecule has 206 valence electrons. The quantitative estimate of drug-likeness (QED) is 0.186. The molecule has 0 bridgehead atoms. The van der Waals surface area contributed by atoms with Crippen LogP contribution in [-0.4, -0.2) is 68.5 Å².